The topological polar surface area (TPSA) is 29.3 Å². The fourth-order valence-electron chi connectivity index (χ4n) is 2.45. The highest BCUT2D eigenvalue weighted by atomic mass is 79.9. The van der Waals surface area contributed by atoms with Crippen molar-refractivity contribution in [2.45, 2.75) is 51.6 Å². The van der Waals surface area contributed by atoms with E-state index in [1.807, 2.05) is 0 Å². The molecule has 0 aromatic heterocycles. The molecule has 0 bridgehead atoms. The predicted octanol–water partition coefficient (Wildman–Crippen LogP) is 3.72. The summed E-state index contributed by atoms with van der Waals surface area (Å²) in [4.78, 5) is 2.57. The Balaban J connectivity index is 2.29. The summed E-state index contributed by atoms with van der Waals surface area (Å²) in [6, 6.07) is 7.57. The third-order valence-corrected chi connectivity index (χ3v) is 3.84. The van der Waals surface area contributed by atoms with Crippen LogP contribution in [0.2, 0.25) is 0 Å². The van der Waals surface area contributed by atoms with E-state index in [0.29, 0.717) is 0 Å². The van der Waals surface area contributed by atoms with Gasteiger partial charge >= 0.3 is 0 Å². The van der Waals surface area contributed by atoms with Gasteiger partial charge in [-0.3, -0.25) is 0 Å². The molecule has 3 heteroatoms. The van der Waals surface area contributed by atoms with Crippen LogP contribution in [0.4, 0.5) is 5.69 Å². The van der Waals surface area contributed by atoms with Gasteiger partial charge in [-0.05, 0) is 50.3 Å². The van der Waals surface area contributed by atoms with Crippen molar-refractivity contribution in [3.05, 3.63) is 28.2 Å². The number of hydrogen-bond acceptors (Lipinski definition) is 2. The molecule has 1 aliphatic carbocycles. The van der Waals surface area contributed by atoms with Crippen LogP contribution in [0.15, 0.2) is 22.7 Å². The van der Waals surface area contributed by atoms with Crippen molar-refractivity contribution in [1.82, 2.24) is 0 Å². The minimum Gasteiger partial charge on any atom is -0.368 e. The maximum Gasteiger partial charge on any atom is 0.0413 e. The van der Waals surface area contributed by atoms with Crippen LogP contribution in [0, 0.1) is 0 Å². The summed E-state index contributed by atoms with van der Waals surface area (Å²) in [5.74, 6) is 0. The zero-order valence-corrected chi connectivity index (χ0v) is 12.9. The fraction of sp³-hybridized carbons (Fsp3) is 0.600. The first-order valence-electron chi connectivity index (χ1n) is 6.92. The highest BCUT2D eigenvalue weighted by Gasteiger charge is 2.29. The maximum absolute atomic E-state index is 5.97. The lowest BCUT2D eigenvalue weighted by atomic mass is 10.0. The van der Waals surface area contributed by atoms with E-state index in [4.69, 9.17) is 5.73 Å². The molecule has 1 aliphatic rings. The molecule has 100 valence electrons. The average Bonchev–Trinajstić information content (AvgIpc) is 3.12. The number of nitrogens with two attached hydrogens (primary N) is 1. The number of anilines is 1. The molecule has 2 rings (SSSR count). The summed E-state index contributed by atoms with van der Waals surface area (Å²) in [7, 11) is 0. The first kappa shape index (κ1) is 13.9. The van der Waals surface area contributed by atoms with Gasteiger partial charge in [0.15, 0.2) is 0 Å². The fourth-order valence-corrected chi connectivity index (χ4v) is 2.80. The molecule has 0 saturated heterocycles. The second-order valence-electron chi connectivity index (χ2n) is 5.38. The highest BCUT2D eigenvalue weighted by molar-refractivity contribution is 9.10. The van der Waals surface area contributed by atoms with Crippen molar-refractivity contribution in [2.24, 2.45) is 5.73 Å². The van der Waals surface area contributed by atoms with Gasteiger partial charge in [0.05, 0.1) is 0 Å². The van der Waals surface area contributed by atoms with Gasteiger partial charge in [0.2, 0.25) is 0 Å². The molecule has 0 radical (unpaired) electrons. The predicted molar refractivity (Wildman–Crippen MR) is 82.2 cm³/mol. The van der Waals surface area contributed by atoms with Gasteiger partial charge in [0.1, 0.15) is 0 Å². The summed E-state index contributed by atoms with van der Waals surface area (Å²) in [6.45, 7) is 5.47. The molecule has 18 heavy (non-hydrogen) atoms. The van der Waals surface area contributed by atoms with Crippen molar-refractivity contribution in [1.29, 1.82) is 0 Å². The Labute approximate surface area is 119 Å². The van der Waals surface area contributed by atoms with Crippen molar-refractivity contribution >= 4 is 21.6 Å². The molecular formula is C15H23BrN2. The Morgan fingerprint density at radius 2 is 2.17 bits per heavy atom. The quantitative estimate of drug-likeness (QED) is 0.867. The van der Waals surface area contributed by atoms with Crippen LogP contribution >= 0.6 is 15.9 Å². The van der Waals surface area contributed by atoms with Gasteiger partial charge in [0, 0.05) is 28.8 Å². The summed E-state index contributed by atoms with van der Waals surface area (Å²) < 4.78 is 1.16. The van der Waals surface area contributed by atoms with Crippen molar-refractivity contribution in [2.75, 3.05) is 11.4 Å². The molecular weight excluding hydrogens is 288 g/mol. The van der Waals surface area contributed by atoms with E-state index in [-0.39, 0.29) is 6.04 Å². The molecule has 0 heterocycles. The third kappa shape index (κ3) is 3.48. The van der Waals surface area contributed by atoms with Crippen LogP contribution in [0.3, 0.4) is 0 Å². The highest BCUT2D eigenvalue weighted by Crippen LogP contribution is 2.35. The Hall–Kier alpha value is -0.540. The second kappa shape index (κ2) is 6.07. The average molecular weight is 311 g/mol. The number of hydrogen-bond donors (Lipinski definition) is 1. The molecule has 0 aliphatic heterocycles. The monoisotopic (exact) mass is 310 g/mol. The van der Waals surface area contributed by atoms with E-state index < -0.39 is 0 Å². The summed E-state index contributed by atoms with van der Waals surface area (Å²) >= 11 is 3.59. The zero-order valence-electron chi connectivity index (χ0n) is 11.3. The Morgan fingerprint density at radius 3 is 2.72 bits per heavy atom. The van der Waals surface area contributed by atoms with E-state index in [1.165, 1.54) is 30.5 Å². The first-order valence-corrected chi connectivity index (χ1v) is 7.71. The van der Waals surface area contributed by atoms with E-state index in [0.717, 1.165) is 23.5 Å². The van der Waals surface area contributed by atoms with Gasteiger partial charge in [-0.1, -0.05) is 28.9 Å². The molecule has 1 aromatic carbocycles. The smallest absolute Gasteiger partial charge is 0.0413 e. The minimum atomic E-state index is 0.215. The molecule has 1 unspecified atom stereocenters. The minimum absolute atomic E-state index is 0.215. The molecule has 0 amide bonds. The normalized spacial score (nSPS) is 16.7. The summed E-state index contributed by atoms with van der Waals surface area (Å²) in [5.41, 5.74) is 8.73. The molecule has 1 saturated carbocycles. The lowest BCUT2D eigenvalue weighted by Crippen LogP contribution is -2.28. The van der Waals surface area contributed by atoms with E-state index >= 15 is 0 Å². The van der Waals surface area contributed by atoms with Crippen molar-refractivity contribution in [3.8, 4) is 0 Å². The standard InChI is InChI=1S/C15H23BrN2/c1-3-8-18(14-6-7-14)15-10-13(16)5-4-12(15)9-11(2)17/h4-5,10-11,14H,3,6-9,17H2,1-2H3. The number of nitrogens with zero attached hydrogens (tertiary/aromatic N) is 1. The van der Waals surface area contributed by atoms with Gasteiger partial charge < -0.3 is 10.6 Å². The van der Waals surface area contributed by atoms with Gasteiger partial charge in [0.25, 0.3) is 0 Å². The molecule has 2 N–H and O–H groups in total. The molecule has 0 spiro atoms. The molecule has 1 atom stereocenters. The third-order valence-electron chi connectivity index (χ3n) is 3.35. The number of benzene rings is 1. The van der Waals surface area contributed by atoms with Crippen LogP contribution in [0.1, 0.15) is 38.7 Å². The van der Waals surface area contributed by atoms with Crippen LogP contribution in [-0.4, -0.2) is 18.6 Å². The van der Waals surface area contributed by atoms with Gasteiger partial charge in [-0.2, -0.15) is 0 Å². The van der Waals surface area contributed by atoms with Crippen LogP contribution in [-0.2, 0) is 6.42 Å². The van der Waals surface area contributed by atoms with Crippen LogP contribution in [0.25, 0.3) is 0 Å². The number of halogens is 1. The molecule has 1 aromatic rings. The summed E-state index contributed by atoms with van der Waals surface area (Å²) in [5, 5.41) is 0. The Morgan fingerprint density at radius 1 is 1.44 bits per heavy atom. The summed E-state index contributed by atoms with van der Waals surface area (Å²) in [6.07, 6.45) is 4.82. The van der Waals surface area contributed by atoms with Crippen LogP contribution in [0.5, 0.6) is 0 Å². The zero-order chi connectivity index (χ0) is 13.1. The number of rotatable bonds is 6. The van der Waals surface area contributed by atoms with Crippen molar-refractivity contribution in [3.63, 3.8) is 0 Å². The van der Waals surface area contributed by atoms with E-state index in [1.54, 1.807) is 0 Å². The molecule has 2 nitrogen and oxygen atoms in total. The van der Waals surface area contributed by atoms with Gasteiger partial charge in [-0.25, -0.2) is 0 Å². The van der Waals surface area contributed by atoms with Crippen molar-refractivity contribution < 1.29 is 0 Å². The second-order valence-corrected chi connectivity index (χ2v) is 6.29. The first-order chi connectivity index (χ1) is 8.61. The van der Waals surface area contributed by atoms with E-state index in [2.05, 4.69) is 52.9 Å². The van der Waals surface area contributed by atoms with Gasteiger partial charge in [-0.15, -0.1) is 0 Å². The Kier molecular flexibility index (Phi) is 4.68. The lowest BCUT2D eigenvalue weighted by Gasteiger charge is -2.27. The van der Waals surface area contributed by atoms with Crippen LogP contribution < -0.4 is 10.6 Å². The Bertz CT molecular complexity index is 399. The maximum atomic E-state index is 5.97. The molecule has 1 fully saturated rings. The lowest BCUT2D eigenvalue weighted by molar-refractivity contribution is 0.718. The van der Waals surface area contributed by atoms with E-state index in [9.17, 15) is 0 Å². The SMILES string of the molecule is CCCN(c1cc(Br)ccc1CC(C)N)C1CC1. The largest absolute Gasteiger partial charge is 0.368 e.